The Morgan fingerprint density at radius 1 is 0.306 bits per heavy atom. The highest BCUT2D eigenvalue weighted by molar-refractivity contribution is 7.25. The number of fused-ring (bicyclic) bond motifs is 6. The molecule has 0 aliphatic heterocycles. The first-order valence-corrected chi connectivity index (χ1v) is 22.0. The normalized spacial score (nSPS) is 12.6. The maximum Gasteiger partial charge on any atom is 0.160 e. The van der Waals surface area contributed by atoms with Crippen molar-refractivity contribution in [3.63, 3.8) is 0 Å². The van der Waals surface area contributed by atoms with E-state index in [0.29, 0.717) is 5.82 Å². The number of hydrogen-bond acceptors (Lipinski definition) is 3. The van der Waals surface area contributed by atoms with Crippen LogP contribution in [0.5, 0.6) is 0 Å². The minimum atomic E-state index is -0.444. The number of aromatic nitrogens is 2. The highest BCUT2D eigenvalue weighted by Crippen LogP contribution is 2.56. The van der Waals surface area contributed by atoms with E-state index in [1.54, 1.807) is 0 Å². The largest absolute Gasteiger partial charge is 0.228 e. The van der Waals surface area contributed by atoms with Crippen LogP contribution >= 0.6 is 11.3 Å². The van der Waals surface area contributed by atoms with Gasteiger partial charge in [-0.05, 0) is 79.9 Å². The third-order valence-corrected chi connectivity index (χ3v) is 13.8. The first-order valence-electron chi connectivity index (χ1n) is 21.1. The Balaban J connectivity index is 0.917. The average molecular weight is 807 g/mol. The molecule has 2 aromatic heterocycles. The van der Waals surface area contributed by atoms with E-state index in [2.05, 4.69) is 212 Å². The van der Waals surface area contributed by atoms with E-state index >= 15 is 0 Å². The zero-order valence-corrected chi connectivity index (χ0v) is 34.6. The minimum Gasteiger partial charge on any atom is -0.228 e. The molecule has 0 unspecified atom stereocenters. The summed E-state index contributed by atoms with van der Waals surface area (Å²) in [5, 5.41) is 2.63. The lowest BCUT2D eigenvalue weighted by molar-refractivity contribution is 0.769. The lowest BCUT2D eigenvalue weighted by Crippen LogP contribution is -2.28. The van der Waals surface area contributed by atoms with Crippen LogP contribution in [0.1, 0.15) is 22.3 Å². The zero-order valence-electron chi connectivity index (χ0n) is 33.7. The predicted octanol–water partition coefficient (Wildman–Crippen LogP) is 15.5. The molecule has 0 spiro atoms. The molecule has 2 heterocycles. The molecule has 1 aliphatic rings. The van der Waals surface area contributed by atoms with Gasteiger partial charge in [-0.3, -0.25) is 0 Å². The second-order valence-corrected chi connectivity index (χ2v) is 17.2. The van der Waals surface area contributed by atoms with Crippen LogP contribution in [0.25, 0.3) is 87.5 Å². The molecule has 12 rings (SSSR count). The van der Waals surface area contributed by atoms with Gasteiger partial charge >= 0.3 is 0 Å². The Morgan fingerprint density at radius 2 is 0.790 bits per heavy atom. The Labute approximate surface area is 365 Å². The van der Waals surface area contributed by atoms with Crippen molar-refractivity contribution in [2.24, 2.45) is 0 Å². The van der Waals surface area contributed by atoms with Crippen molar-refractivity contribution in [1.82, 2.24) is 9.97 Å². The van der Waals surface area contributed by atoms with Crippen molar-refractivity contribution in [1.29, 1.82) is 0 Å². The van der Waals surface area contributed by atoms with Crippen molar-refractivity contribution in [3.8, 4) is 67.3 Å². The van der Waals surface area contributed by atoms with E-state index in [4.69, 9.17) is 9.97 Å². The molecular weight excluding hydrogens is 769 g/mol. The van der Waals surface area contributed by atoms with Gasteiger partial charge in [-0.1, -0.05) is 206 Å². The lowest BCUT2D eigenvalue weighted by Gasteiger charge is -2.34. The standard InChI is InChI=1S/C59H38N2S/c1-4-14-43(15-5-1)58-60-54(38-55(61-58)42-30-26-40(27-31-42)45-33-35-51-50-21-11-13-23-56(50)62-57(51)37-45)41-28-24-39(25-29-41)44-32-34-49-48-20-10-12-22-52(48)59(53(49)36-44,46-16-6-2-7-17-46)47-18-8-3-9-19-47/h1-38H. The van der Waals surface area contributed by atoms with E-state index in [-0.39, 0.29) is 0 Å². The highest BCUT2D eigenvalue weighted by Gasteiger charge is 2.46. The van der Waals surface area contributed by atoms with Crippen molar-refractivity contribution in [2.75, 3.05) is 0 Å². The number of hydrogen-bond donors (Lipinski definition) is 0. The second kappa shape index (κ2) is 14.8. The average Bonchev–Trinajstić information content (AvgIpc) is 3.88. The third-order valence-electron chi connectivity index (χ3n) is 12.6. The topological polar surface area (TPSA) is 25.8 Å². The number of nitrogens with zero attached hydrogens (tertiary/aromatic N) is 2. The molecule has 0 fully saturated rings. The van der Waals surface area contributed by atoms with Crippen LogP contribution in [0.2, 0.25) is 0 Å². The maximum absolute atomic E-state index is 5.16. The molecule has 1 aliphatic carbocycles. The van der Waals surface area contributed by atoms with Gasteiger partial charge in [0.05, 0.1) is 16.8 Å². The quantitative estimate of drug-likeness (QED) is 0.160. The lowest BCUT2D eigenvalue weighted by atomic mass is 9.67. The molecule has 11 aromatic rings. The van der Waals surface area contributed by atoms with Crippen LogP contribution in [-0.4, -0.2) is 9.97 Å². The molecule has 0 radical (unpaired) electrons. The molecule has 9 aromatic carbocycles. The third kappa shape index (κ3) is 5.93. The molecule has 2 nitrogen and oxygen atoms in total. The molecule has 0 N–H and O–H groups in total. The van der Waals surface area contributed by atoms with E-state index in [0.717, 1.165) is 33.6 Å². The maximum atomic E-state index is 5.16. The number of rotatable bonds is 7. The monoisotopic (exact) mass is 806 g/mol. The SMILES string of the molecule is c1ccc(-c2nc(-c3ccc(-c4ccc5c(c4)C(c4ccccc4)(c4ccccc4)c4ccccc4-5)cc3)cc(-c3ccc(-c4ccc5c(c4)sc4ccccc45)cc3)n2)cc1. The van der Waals surface area contributed by atoms with E-state index in [9.17, 15) is 0 Å². The molecule has 0 atom stereocenters. The van der Waals surface area contributed by atoms with Crippen LogP contribution in [0.15, 0.2) is 231 Å². The Bertz CT molecular complexity index is 3390. The summed E-state index contributed by atoms with van der Waals surface area (Å²) in [4.78, 5) is 10.3. The first kappa shape index (κ1) is 36.2. The van der Waals surface area contributed by atoms with Crippen molar-refractivity contribution in [3.05, 3.63) is 253 Å². The molecule has 62 heavy (non-hydrogen) atoms. The van der Waals surface area contributed by atoms with E-state index in [1.165, 1.54) is 70.2 Å². The highest BCUT2D eigenvalue weighted by atomic mass is 32.1. The summed E-state index contributed by atoms with van der Waals surface area (Å²) in [6, 6.07) is 83.4. The van der Waals surface area contributed by atoms with E-state index < -0.39 is 5.41 Å². The number of benzene rings is 9. The van der Waals surface area contributed by atoms with Gasteiger partial charge in [0.1, 0.15) is 0 Å². The van der Waals surface area contributed by atoms with Gasteiger partial charge in [0, 0.05) is 36.9 Å². The Morgan fingerprint density at radius 3 is 1.45 bits per heavy atom. The van der Waals surface area contributed by atoms with Crippen molar-refractivity contribution < 1.29 is 0 Å². The van der Waals surface area contributed by atoms with Gasteiger partial charge < -0.3 is 0 Å². The molecule has 3 heteroatoms. The van der Waals surface area contributed by atoms with Gasteiger partial charge in [0.25, 0.3) is 0 Å². The predicted molar refractivity (Wildman–Crippen MR) is 259 cm³/mol. The summed E-state index contributed by atoms with van der Waals surface area (Å²) in [6.45, 7) is 0. The molecule has 0 bridgehead atoms. The summed E-state index contributed by atoms with van der Waals surface area (Å²) in [5.41, 5.74) is 16.9. The molecular formula is C59H38N2S. The fourth-order valence-corrected chi connectivity index (χ4v) is 10.8. The summed E-state index contributed by atoms with van der Waals surface area (Å²) in [6.07, 6.45) is 0. The van der Waals surface area contributed by atoms with Crippen LogP contribution in [0.4, 0.5) is 0 Å². The van der Waals surface area contributed by atoms with Gasteiger partial charge in [0.2, 0.25) is 0 Å². The molecule has 0 saturated heterocycles. The van der Waals surface area contributed by atoms with E-state index in [1.807, 2.05) is 29.5 Å². The van der Waals surface area contributed by atoms with Gasteiger partial charge in [-0.15, -0.1) is 11.3 Å². The molecule has 290 valence electrons. The van der Waals surface area contributed by atoms with Crippen LogP contribution < -0.4 is 0 Å². The Hall–Kier alpha value is -7.72. The fraction of sp³-hybridized carbons (Fsp3) is 0.0169. The second-order valence-electron chi connectivity index (χ2n) is 16.1. The van der Waals surface area contributed by atoms with Crippen molar-refractivity contribution >= 4 is 31.5 Å². The van der Waals surface area contributed by atoms with Crippen LogP contribution in [-0.2, 0) is 5.41 Å². The summed E-state index contributed by atoms with van der Waals surface area (Å²) >= 11 is 1.85. The summed E-state index contributed by atoms with van der Waals surface area (Å²) in [5.74, 6) is 0.706. The molecule has 0 saturated carbocycles. The minimum absolute atomic E-state index is 0.444. The van der Waals surface area contributed by atoms with Gasteiger partial charge in [0.15, 0.2) is 5.82 Å². The molecule has 0 amide bonds. The fourth-order valence-electron chi connectivity index (χ4n) is 9.66. The van der Waals surface area contributed by atoms with Crippen molar-refractivity contribution in [2.45, 2.75) is 5.41 Å². The van der Waals surface area contributed by atoms with Gasteiger partial charge in [-0.2, -0.15) is 0 Å². The van der Waals surface area contributed by atoms with Crippen LogP contribution in [0.3, 0.4) is 0 Å². The van der Waals surface area contributed by atoms with Crippen LogP contribution in [0, 0.1) is 0 Å². The first-order chi connectivity index (χ1) is 30.7. The Kier molecular flexibility index (Phi) is 8.62. The summed E-state index contributed by atoms with van der Waals surface area (Å²) in [7, 11) is 0. The smallest absolute Gasteiger partial charge is 0.160 e. The van der Waals surface area contributed by atoms with Gasteiger partial charge in [-0.25, -0.2) is 9.97 Å². The number of thiophene rings is 1. The zero-order chi connectivity index (χ0) is 41.0. The summed E-state index contributed by atoms with van der Waals surface area (Å²) < 4.78 is 2.63.